The number of para-hydroxylation sites is 1. The van der Waals surface area contributed by atoms with Gasteiger partial charge in [0, 0.05) is 44.3 Å². The first-order valence-corrected chi connectivity index (χ1v) is 13.2. The van der Waals surface area contributed by atoms with E-state index in [-0.39, 0.29) is 11.3 Å². The molecule has 10 heteroatoms. The Kier molecular flexibility index (Phi) is 7.56. The van der Waals surface area contributed by atoms with Gasteiger partial charge < -0.3 is 10.2 Å². The summed E-state index contributed by atoms with van der Waals surface area (Å²) in [6.07, 6.45) is 6.61. The van der Waals surface area contributed by atoms with E-state index in [4.69, 9.17) is 0 Å². The van der Waals surface area contributed by atoms with Crippen molar-refractivity contribution in [3.05, 3.63) is 77.4 Å². The molecule has 0 spiro atoms. The molecular weight excluding hydrogens is 483 g/mol. The monoisotopic (exact) mass is 512 g/mol. The molecule has 1 aliphatic rings. The first-order chi connectivity index (χ1) is 17.2. The molecule has 2 heterocycles. The molecule has 0 saturated carbocycles. The van der Waals surface area contributed by atoms with Crippen LogP contribution in [-0.4, -0.2) is 60.6 Å². The number of carbonyl (C=O) groups is 2. The lowest BCUT2D eigenvalue weighted by Gasteiger charge is -2.22. The van der Waals surface area contributed by atoms with Crippen LogP contribution < -0.4 is 5.32 Å². The molecule has 1 saturated heterocycles. The molecule has 2 amide bonds. The molecule has 1 aliphatic heterocycles. The Hall–Kier alpha value is -3.50. The Morgan fingerprint density at radius 1 is 0.972 bits per heavy atom. The Bertz CT molecular complexity index is 1420. The van der Waals surface area contributed by atoms with Gasteiger partial charge in [0.25, 0.3) is 11.8 Å². The van der Waals surface area contributed by atoms with Crippen LogP contribution in [0.25, 0.3) is 17.0 Å². The van der Waals surface area contributed by atoms with Crippen molar-refractivity contribution >= 4 is 39.0 Å². The molecular formula is C26H29FN4O4S. The quantitative estimate of drug-likeness (QED) is 0.511. The van der Waals surface area contributed by atoms with Crippen LogP contribution in [0.5, 0.6) is 0 Å². The summed E-state index contributed by atoms with van der Waals surface area (Å²) in [6, 6.07) is 12.4. The number of nitrogens with one attached hydrogen (secondary N) is 1. The molecule has 0 atom stereocenters. The lowest BCUT2D eigenvalue weighted by atomic mass is 10.1. The van der Waals surface area contributed by atoms with Crippen LogP contribution in [0.3, 0.4) is 0 Å². The van der Waals surface area contributed by atoms with Crippen LogP contribution in [0.15, 0.2) is 60.4 Å². The molecule has 8 nitrogen and oxygen atoms in total. The molecule has 36 heavy (non-hydrogen) atoms. The normalized spacial score (nSPS) is 15.2. The lowest BCUT2D eigenvalue weighted by Crippen LogP contribution is -2.39. The first-order valence-electron chi connectivity index (χ1n) is 11.8. The van der Waals surface area contributed by atoms with Crippen molar-refractivity contribution in [3.8, 4) is 0 Å². The minimum Gasteiger partial charge on any atom is -0.337 e. The minimum atomic E-state index is -3.85. The number of amides is 2. The van der Waals surface area contributed by atoms with E-state index in [2.05, 4.69) is 5.32 Å². The maximum absolute atomic E-state index is 14.3. The van der Waals surface area contributed by atoms with E-state index in [1.807, 2.05) is 0 Å². The van der Waals surface area contributed by atoms with E-state index in [1.165, 1.54) is 50.6 Å². The van der Waals surface area contributed by atoms with E-state index < -0.39 is 27.8 Å². The Balaban J connectivity index is 1.82. The fraction of sp³-hybridized carbons (Fsp3) is 0.308. The SMILES string of the molecule is CN(C)S(=O)(=O)n1cc(/C=C(\NC(=O)c2ccccc2F)C(=O)N2CCCCCC2)c2ccccc21. The molecule has 0 bridgehead atoms. The summed E-state index contributed by atoms with van der Waals surface area (Å²) in [4.78, 5) is 28.2. The van der Waals surface area contributed by atoms with Gasteiger partial charge in [-0.2, -0.15) is 12.7 Å². The fourth-order valence-corrected chi connectivity index (χ4v) is 5.25. The summed E-state index contributed by atoms with van der Waals surface area (Å²) < 4.78 is 42.4. The maximum Gasteiger partial charge on any atom is 0.307 e. The van der Waals surface area contributed by atoms with E-state index in [1.54, 1.807) is 29.2 Å². The highest BCUT2D eigenvalue weighted by atomic mass is 32.2. The molecule has 190 valence electrons. The van der Waals surface area contributed by atoms with Crippen LogP contribution in [-0.2, 0) is 15.0 Å². The van der Waals surface area contributed by atoms with Gasteiger partial charge in [0.2, 0.25) is 0 Å². The third-order valence-electron chi connectivity index (χ3n) is 6.21. The summed E-state index contributed by atoms with van der Waals surface area (Å²) in [5, 5.41) is 3.18. The summed E-state index contributed by atoms with van der Waals surface area (Å²) in [6.45, 7) is 1.09. The number of hydrogen-bond donors (Lipinski definition) is 1. The van der Waals surface area contributed by atoms with Crippen molar-refractivity contribution in [1.82, 2.24) is 18.5 Å². The standard InChI is InChI=1S/C26H29FN4O4S/c1-29(2)36(34,35)31-18-19(20-11-6-8-14-24(20)31)17-23(26(33)30-15-9-3-4-10-16-30)28-25(32)21-12-5-7-13-22(21)27/h5-8,11-14,17-18H,3-4,9-10,15-16H2,1-2H3,(H,28,32)/b23-17-. The predicted molar refractivity (Wildman–Crippen MR) is 137 cm³/mol. The van der Waals surface area contributed by atoms with E-state index >= 15 is 0 Å². The summed E-state index contributed by atoms with van der Waals surface area (Å²) >= 11 is 0. The molecule has 1 fully saturated rings. The van der Waals surface area contributed by atoms with Crippen molar-refractivity contribution in [1.29, 1.82) is 0 Å². The topological polar surface area (TPSA) is 91.7 Å². The number of hydrogen-bond acceptors (Lipinski definition) is 4. The van der Waals surface area contributed by atoms with Crippen LogP contribution >= 0.6 is 0 Å². The van der Waals surface area contributed by atoms with Crippen LogP contribution in [0.4, 0.5) is 4.39 Å². The molecule has 0 aliphatic carbocycles. The van der Waals surface area contributed by atoms with Gasteiger partial charge in [0.15, 0.2) is 0 Å². The van der Waals surface area contributed by atoms with E-state index in [9.17, 15) is 22.4 Å². The van der Waals surface area contributed by atoms with Crippen molar-refractivity contribution < 1.29 is 22.4 Å². The third kappa shape index (κ3) is 5.19. The Labute approximate surface area is 210 Å². The zero-order chi connectivity index (χ0) is 25.9. The van der Waals surface area contributed by atoms with Gasteiger partial charge >= 0.3 is 10.2 Å². The second-order valence-corrected chi connectivity index (χ2v) is 10.9. The number of benzene rings is 2. The molecule has 0 radical (unpaired) electrons. The summed E-state index contributed by atoms with van der Waals surface area (Å²) in [5.74, 6) is -1.86. The number of likely N-dealkylation sites (tertiary alicyclic amines) is 1. The largest absolute Gasteiger partial charge is 0.337 e. The average molecular weight is 513 g/mol. The molecule has 1 N–H and O–H groups in total. The van der Waals surface area contributed by atoms with Crippen molar-refractivity contribution in [2.24, 2.45) is 0 Å². The fourth-order valence-electron chi connectivity index (χ4n) is 4.24. The number of carbonyl (C=O) groups excluding carboxylic acids is 2. The van der Waals surface area contributed by atoms with Gasteiger partial charge in [-0.3, -0.25) is 9.59 Å². The van der Waals surface area contributed by atoms with Crippen LogP contribution in [0.1, 0.15) is 41.6 Å². The third-order valence-corrected chi connectivity index (χ3v) is 7.93. The van der Waals surface area contributed by atoms with Gasteiger partial charge in [0.1, 0.15) is 11.5 Å². The number of fused-ring (bicyclic) bond motifs is 1. The summed E-state index contributed by atoms with van der Waals surface area (Å²) in [5.41, 5.74) is 0.627. The van der Waals surface area contributed by atoms with Crippen LogP contribution in [0.2, 0.25) is 0 Å². The lowest BCUT2D eigenvalue weighted by molar-refractivity contribution is -0.127. The van der Waals surface area contributed by atoms with E-state index in [0.29, 0.717) is 29.6 Å². The first kappa shape index (κ1) is 25.6. The van der Waals surface area contributed by atoms with Crippen molar-refractivity contribution in [2.45, 2.75) is 25.7 Å². The molecule has 1 aromatic heterocycles. The van der Waals surface area contributed by atoms with Crippen molar-refractivity contribution in [3.63, 3.8) is 0 Å². The number of rotatable bonds is 6. The molecule has 0 unspecified atom stereocenters. The van der Waals surface area contributed by atoms with Gasteiger partial charge in [0.05, 0.1) is 11.1 Å². The van der Waals surface area contributed by atoms with Crippen LogP contribution in [0, 0.1) is 5.82 Å². The average Bonchev–Trinajstić information content (AvgIpc) is 3.02. The summed E-state index contributed by atoms with van der Waals surface area (Å²) in [7, 11) is -0.981. The highest BCUT2D eigenvalue weighted by Gasteiger charge is 2.25. The van der Waals surface area contributed by atoms with Gasteiger partial charge in [-0.05, 0) is 37.1 Å². The number of halogens is 1. The molecule has 2 aromatic carbocycles. The van der Waals surface area contributed by atoms with Gasteiger partial charge in [-0.1, -0.05) is 43.2 Å². The molecule has 3 aromatic rings. The minimum absolute atomic E-state index is 0.0460. The van der Waals surface area contributed by atoms with Gasteiger partial charge in [-0.25, -0.2) is 8.36 Å². The zero-order valence-electron chi connectivity index (χ0n) is 20.3. The smallest absolute Gasteiger partial charge is 0.307 e. The van der Waals surface area contributed by atoms with Crippen molar-refractivity contribution in [2.75, 3.05) is 27.2 Å². The second kappa shape index (κ2) is 10.6. The predicted octanol–water partition coefficient (Wildman–Crippen LogP) is 3.61. The molecule has 4 rings (SSSR count). The Morgan fingerprint density at radius 3 is 2.28 bits per heavy atom. The van der Waals surface area contributed by atoms with E-state index in [0.717, 1.165) is 34.0 Å². The highest BCUT2D eigenvalue weighted by Crippen LogP contribution is 2.26. The number of aromatic nitrogens is 1. The Morgan fingerprint density at radius 2 is 1.61 bits per heavy atom. The second-order valence-electron chi connectivity index (χ2n) is 8.89. The maximum atomic E-state index is 14.3. The zero-order valence-corrected chi connectivity index (χ0v) is 21.1. The number of nitrogens with zero attached hydrogens (tertiary/aromatic N) is 3. The van der Waals surface area contributed by atoms with Gasteiger partial charge in [-0.15, -0.1) is 0 Å². The highest BCUT2D eigenvalue weighted by molar-refractivity contribution is 7.87.